The van der Waals surface area contributed by atoms with Crippen molar-refractivity contribution in [2.24, 2.45) is 0 Å². The molecule has 0 fully saturated rings. The van der Waals surface area contributed by atoms with Crippen LogP contribution in [0.15, 0.2) is 48.7 Å². The minimum atomic E-state index is -0.437. The van der Waals surface area contributed by atoms with Crippen molar-refractivity contribution in [3.8, 4) is 0 Å². The Morgan fingerprint density at radius 3 is 2.83 bits per heavy atom. The summed E-state index contributed by atoms with van der Waals surface area (Å²) in [5.41, 5.74) is 2.54. The van der Waals surface area contributed by atoms with E-state index in [4.69, 9.17) is 0 Å². The van der Waals surface area contributed by atoms with E-state index in [1.807, 2.05) is 18.2 Å². The van der Waals surface area contributed by atoms with Crippen LogP contribution in [0.5, 0.6) is 0 Å². The van der Waals surface area contributed by atoms with Crippen molar-refractivity contribution < 1.29 is 14.3 Å². The van der Waals surface area contributed by atoms with Gasteiger partial charge in [-0.25, -0.2) is 4.79 Å². The third-order valence-corrected chi connectivity index (χ3v) is 3.68. The van der Waals surface area contributed by atoms with Crippen molar-refractivity contribution in [1.82, 2.24) is 15.3 Å². The fourth-order valence-corrected chi connectivity index (χ4v) is 2.44. The maximum absolute atomic E-state index is 12.2. The quantitative estimate of drug-likeness (QED) is 0.706. The highest BCUT2D eigenvalue weighted by Crippen LogP contribution is 2.17. The predicted octanol–water partition coefficient (Wildman–Crippen LogP) is 2.32. The monoisotopic (exact) mass is 323 g/mol. The molecule has 0 atom stereocenters. The first kappa shape index (κ1) is 15.7. The number of nitrogens with one attached hydrogen (secondary N) is 2. The van der Waals surface area contributed by atoms with E-state index in [0.717, 1.165) is 11.1 Å². The van der Waals surface area contributed by atoms with Crippen LogP contribution < -0.4 is 5.32 Å². The first-order valence-corrected chi connectivity index (χ1v) is 7.56. The van der Waals surface area contributed by atoms with Gasteiger partial charge < -0.3 is 15.0 Å². The summed E-state index contributed by atoms with van der Waals surface area (Å²) in [6.07, 6.45) is 2.40. The third-order valence-electron chi connectivity index (χ3n) is 3.68. The lowest BCUT2D eigenvalue weighted by Crippen LogP contribution is -2.25. The molecule has 0 saturated carbocycles. The van der Waals surface area contributed by atoms with Gasteiger partial charge in [-0.3, -0.25) is 9.78 Å². The number of benzene rings is 1. The van der Waals surface area contributed by atoms with Gasteiger partial charge in [-0.1, -0.05) is 12.1 Å². The lowest BCUT2D eigenvalue weighted by atomic mass is 10.1. The van der Waals surface area contributed by atoms with E-state index >= 15 is 0 Å². The van der Waals surface area contributed by atoms with Gasteiger partial charge in [-0.2, -0.15) is 0 Å². The Hall–Kier alpha value is -3.15. The van der Waals surface area contributed by atoms with Gasteiger partial charge in [0.1, 0.15) is 5.69 Å². The number of fused-ring (bicyclic) bond motifs is 1. The highest BCUT2D eigenvalue weighted by atomic mass is 16.5. The highest BCUT2D eigenvalue weighted by molar-refractivity contribution is 6.00. The molecule has 6 heteroatoms. The first-order chi connectivity index (χ1) is 11.7. The third kappa shape index (κ3) is 3.43. The maximum Gasteiger partial charge on any atom is 0.354 e. The normalized spacial score (nSPS) is 10.5. The lowest BCUT2D eigenvalue weighted by molar-refractivity contribution is 0.0595. The number of aromatic nitrogens is 2. The van der Waals surface area contributed by atoms with Crippen molar-refractivity contribution in [2.45, 2.75) is 6.42 Å². The summed E-state index contributed by atoms with van der Waals surface area (Å²) in [7, 11) is 1.33. The number of aromatic amines is 1. The van der Waals surface area contributed by atoms with Crippen molar-refractivity contribution in [3.05, 3.63) is 65.6 Å². The number of esters is 1. The molecule has 24 heavy (non-hydrogen) atoms. The van der Waals surface area contributed by atoms with Crippen LogP contribution in [0, 0.1) is 0 Å². The number of hydrogen-bond acceptors (Lipinski definition) is 4. The van der Waals surface area contributed by atoms with Crippen molar-refractivity contribution in [2.75, 3.05) is 13.7 Å². The molecule has 2 heterocycles. The van der Waals surface area contributed by atoms with Gasteiger partial charge in [0.05, 0.1) is 7.11 Å². The zero-order chi connectivity index (χ0) is 16.9. The zero-order valence-electron chi connectivity index (χ0n) is 13.2. The first-order valence-electron chi connectivity index (χ1n) is 7.56. The van der Waals surface area contributed by atoms with Gasteiger partial charge in [0.2, 0.25) is 0 Å². The summed E-state index contributed by atoms with van der Waals surface area (Å²) in [6.45, 7) is 0.506. The van der Waals surface area contributed by atoms with Gasteiger partial charge in [-0.05, 0) is 30.3 Å². The standard InChI is InChI=1S/C18H17N3O3/c1-24-18(23)16-10-12-5-6-13(11-15(12)21-16)17(22)20-9-7-14-4-2-3-8-19-14/h2-6,8,10-11,21H,7,9H2,1H3,(H,20,22). The van der Waals surface area contributed by atoms with Crippen LogP contribution in [0.4, 0.5) is 0 Å². The largest absolute Gasteiger partial charge is 0.464 e. The number of methoxy groups -OCH3 is 1. The Kier molecular flexibility index (Phi) is 4.56. The lowest BCUT2D eigenvalue weighted by Gasteiger charge is -2.05. The minimum Gasteiger partial charge on any atom is -0.464 e. The Morgan fingerprint density at radius 1 is 1.21 bits per heavy atom. The van der Waals surface area contributed by atoms with E-state index < -0.39 is 5.97 Å². The van der Waals surface area contributed by atoms with Gasteiger partial charge in [0.25, 0.3) is 5.91 Å². The molecule has 1 aromatic carbocycles. The second-order valence-corrected chi connectivity index (χ2v) is 5.30. The van der Waals surface area contributed by atoms with Crippen LogP contribution in [0.3, 0.4) is 0 Å². The number of hydrogen-bond donors (Lipinski definition) is 2. The average molecular weight is 323 g/mol. The van der Waals surface area contributed by atoms with Gasteiger partial charge in [-0.15, -0.1) is 0 Å². The molecule has 2 N–H and O–H groups in total. The fourth-order valence-electron chi connectivity index (χ4n) is 2.44. The summed E-state index contributed by atoms with van der Waals surface area (Å²) in [5, 5.41) is 3.72. The van der Waals surface area contributed by atoms with E-state index in [1.165, 1.54) is 7.11 Å². The number of pyridine rings is 1. The molecule has 0 aliphatic rings. The number of carbonyl (C=O) groups excluding carboxylic acids is 2. The summed E-state index contributed by atoms with van der Waals surface area (Å²) in [4.78, 5) is 31.0. The number of nitrogens with zero attached hydrogens (tertiary/aromatic N) is 1. The topological polar surface area (TPSA) is 84.1 Å². The number of amides is 1. The van der Waals surface area contributed by atoms with Crippen LogP contribution in [-0.2, 0) is 11.2 Å². The van der Waals surface area contributed by atoms with Crippen molar-refractivity contribution in [3.63, 3.8) is 0 Å². The minimum absolute atomic E-state index is 0.165. The molecule has 3 aromatic rings. The predicted molar refractivity (Wildman–Crippen MR) is 89.9 cm³/mol. The maximum atomic E-state index is 12.2. The number of rotatable bonds is 5. The number of ether oxygens (including phenoxy) is 1. The molecule has 3 rings (SSSR count). The molecule has 0 aliphatic carbocycles. The Balaban J connectivity index is 1.67. The van der Waals surface area contributed by atoms with Crippen LogP contribution >= 0.6 is 0 Å². The second-order valence-electron chi connectivity index (χ2n) is 5.30. The Labute approximate surface area is 138 Å². The Bertz CT molecular complexity index is 872. The SMILES string of the molecule is COC(=O)c1cc2ccc(C(=O)NCCc3ccccn3)cc2[nH]1. The van der Waals surface area contributed by atoms with Crippen LogP contribution in [0.1, 0.15) is 26.5 Å². The smallest absolute Gasteiger partial charge is 0.354 e. The number of carbonyl (C=O) groups is 2. The van der Waals surface area contributed by atoms with Crippen molar-refractivity contribution >= 4 is 22.8 Å². The molecule has 0 aliphatic heterocycles. The summed E-state index contributed by atoms with van der Waals surface area (Å²) in [6, 6.07) is 12.6. The molecule has 0 bridgehead atoms. The number of H-pyrrole nitrogens is 1. The molecule has 6 nitrogen and oxygen atoms in total. The van der Waals surface area contributed by atoms with Gasteiger partial charge in [0, 0.05) is 41.3 Å². The van der Waals surface area contributed by atoms with Gasteiger partial charge in [0.15, 0.2) is 0 Å². The molecule has 1 amide bonds. The summed E-state index contributed by atoms with van der Waals surface area (Å²) in [5.74, 6) is -0.602. The van der Waals surface area contributed by atoms with Crippen LogP contribution in [-0.4, -0.2) is 35.5 Å². The Morgan fingerprint density at radius 2 is 2.08 bits per heavy atom. The van der Waals surface area contributed by atoms with Crippen molar-refractivity contribution in [1.29, 1.82) is 0 Å². The molecule has 0 spiro atoms. The van der Waals surface area contributed by atoms with E-state index in [9.17, 15) is 9.59 Å². The highest BCUT2D eigenvalue weighted by Gasteiger charge is 2.11. The molecule has 2 aromatic heterocycles. The fraction of sp³-hybridized carbons (Fsp3) is 0.167. The molecular weight excluding hydrogens is 306 g/mol. The van der Waals surface area contributed by atoms with Crippen LogP contribution in [0.2, 0.25) is 0 Å². The molecule has 0 unspecified atom stereocenters. The van der Waals surface area contributed by atoms with Gasteiger partial charge >= 0.3 is 5.97 Å². The van der Waals surface area contributed by atoms with E-state index in [0.29, 0.717) is 29.7 Å². The summed E-state index contributed by atoms with van der Waals surface area (Å²) >= 11 is 0. The van der Waals surface area contributed by atoms with Crippen LogP contribution in [0.25, 0.3) is 10.9 Å². The van der Waals surface area contributed by atoms with E-state index in [2.05, 4.69) is 20.0 Å². The van der Waals surface area contributed by atoms with E-state index in [1.54, 1.807) is 30.5 Å². The molecule has 0 radical (unpaired) electrons. The zero-order valence-corrected chi connectivity index (χ0v) is 13.2. The average Bonchev–Trinajstić information content (AvgIpc) is 3.05. The van der Waals surface area contributed by atoms with E-state index in [-0.39, 0.29) is 5.91 Å². The summed E-state index contributed by atoms with van der Waals surface area (Å²) < 4.78 is 4.68. The molecule has 122 valence electrons. The second kappa shape index (κ2) is 6.95. The molecular formula is C18H17N3O3. The molecule has 0 saturated heterocycles.